The first-order valence-electron chi connectivity index (χ1n) is 9.06. The average Bonchev–Trinajstić information content (AvgIpc) is 3.42. The molecule has 1 aliphatic heterocycles. The van der Waals surface area contributed by atoms with E-state index in [1.807, 2.05) is 18.3 Å². The van der Waals surface area contributed by atoms with E-state index in [1.54, 1.807) is 6.20 Å². The molecule has 0 unspecified atom stereocenters. The van der Waals surface area contributed by atoms with Crippen molar-refractivity contribution < 1.29 is 9.26 Å². The van der Waals surface area contributed by atoms with Crippen molar-refractivity contribution in [1.82, 2.24) is 15.1 Å². The summed E-state index contributed by atoms with van der Waals surface area (Å²) in [6, 6.07) is 8.26. The Morgan fingerprint density at radius 1 is 1.00 bits per heavy atom. The zero-order valence-electron chi connectivity index (χ0n) is 14.4. The lowest BCUT2D eigenvalue weighted by atomic mass is 9.98. The van der Waals surface area contributed by atoms with E-state index in [0.717, 1.165) is 61.2 Å². The van der Waals surface area contributed by atoms with Crippen LogP contribution in [0.3, 0.4) is 0 Å². The molecule has 3 aromatic rings. The van der Waals surface area contributed by atoms with Gasteiger partial charge in [-0.05, 0) is 42.2 Å². The molecule has 1 saturated carbocycles. The van der Waals surface area contributed by atoms with Crippen LogP contribution in [0.2, 0.25) is 0 Å². The van der Waals surface area contributed by atoms with Gasteiger partial charge in [-0.25, -0.2) is 0 Å². The second-order valence-corrected chi connectivity index (χ2v) is 7.17. The molecule has 6 heteroatoms. The van der Waals surface area contributed by atoms with Crippen molar-refractivity contribution in [3.8, 4) is 28.3 Å². The first kappa shape index (κ1) is 15.5. The lowest BCUT2D eigenvalue weighted by molar-refractivity contribution is 0.357. The van der Waals surface area contributed by atoms with Crippen LogP contribution in [-0.2, 0) is 12.0 Å². The number of hydrogen-bond donors (Lipinski definition) is 1. The summed E-state index contributed by atoms with van der Waals surface area (Å²) in [4.78, 5) is 8.93. The third kappa shape index (κ3) is 2.57. The first-order chi connectivity index (χ1) is 12.7. The Bertz CT molecular complexity index is 960. The Labute approximate surface area is 151 Å². The zero-order chi connectivity index (χ0) is 17.6. The van der Waals surface area contributed by atoms with Gasteiger partial charge in [-0.15, -0.1) is 0 Å². The molecule has 2 N–H and O–H groups in total. The maximum Gasteiger partial charge on any atom is 0.259 e. The molecular weight excluding hydrogens is 328 g/mol. The Morgan fingerprint density at radius 3 is 2.73 bits per heavy atom. The van der Waals surface area contributed by atoms with Gasteiger partial charge in [0.15, 0.2) is 5.82 Å². The van der Waals surface area contributed by atoms with E-state index in [9.17, 15) is 0 Å². The highest BCUT2D eigenvalue weighted by atomic mass is 16.5. The fourth-order valence-corrected chi connectivity index (χ4v) is 3.85. The fraction of sp³-hybridized carbons (Fsp3) is 0.350. The molecule has 26 heavy (non-hydrogen) atoms. The van der Waals surface area contributed by atoms with Crippen molar-refractivity contribution in [2.75, 3.05) is 6.61 Å². The second kappa shape index (κ2) is 5.92. The number of fused-ring (bicyclic) bond motifs is 1. The molecule has 0 bridgehead atoms. The number of hydrogen-bond acceptors (Lipinski definition) is 6. The van der Waals surface area contributed by atoms with Crippen LogP contribution in [0.25, 0.3) is 22.6 Å². The molecule has 2 aromatic heterocycles. The van der Waals surface area contributed by atoms with Crippen LogP contribution in [0, 0.1) is 0 Å². The van der Waals surface area contributed by atoms with Gasteiger partial charge in [-0.1, -0.05) is 24.1 Å². The van der Waals surface area contributed by atoms with Crippen molar-refractivity contribution in [2.45, 2.75) is 37.6 Å². The van der Waals surface area contributed by atoms with Crippen molar-refractivity contribution in [2.24, 2.45) is 5.73 Å². The summed E-state index contributed by atoms with van der Waals surface area (Å²) in [6.45, 7) is 0.753. The van der Waals surface area contributed by atoms with Gasteiger partial charge < -0.3 is 15.0 Å². The van der Waals surface area contributed by atoms with E-state index >= 15 is 0 Å². The smallest absolute Gasteiger partial charge is 0.259 e. The van der Waals surface area contributed by atoms with Crippen molar-refractivity contribution in [3.63, 3.8) is 0 Å². The van der Waals surface area contributed by atoms with Crippen LogP contribution in [0.4, 0.5) is 0 Å². The van der Waals surface area contributed by atoms with Gasteiger partial charge in [0.1, 0.15) is 5.75 Å². The predicted molar refractivity (Wildman–Crippen MR) is 96.5 cm³/mol. The van der Waals surface area contributed by atoms with E-state index in [-0.39, 0.29) is 0 Å². The Kier molecular flexibility index (Phi) is 3.53. The summed E-state index contributed by atoms with van der Waals surface area (Å²) in [6.07, 6.45) is 8.57. The van der Waals surface area contributed by atoms with E-state index in [0.29, 0.717) is 11.7 Å². The summed E-state index contributed by atoms with van der Waals surface area (Å²) in [7, 11) is 0. The van der Waals surface area contributed by atoms with E-state index < -0.39 is 5.54 Å². The summed E-state index contributed by atoms with van der Waals surface area (Å²) in [5.74, 6) is 2.05. The Balaban J connectivity index is 1.48. The maximum absolute atomic E-state index is 6.43. The zero-order valence-corrected chi connectivity index (χ0v) is 14.4. The summed E-state index contributed by atoms with van der Waals surface area (Å²) >= 11 is 0. The predicted octanol–water partition coefficient (Wildman–Crippen LogP) is 3.46. The minimum absolute atomic E-state index is 0.452. The van der Waals surface area contributed by atoms with E-state index in [1.165, 1.54) is 5.56 Å². The normalized spacial score (nSPS) is 17.9. The van der Waals surface area contributed by atoms with Gasteiger partial charge in [-0.2, -0.15) is 4.98 Å². The van der Waals surface area contributed by atoms with Crippen LogP contribution < -0.4 is 10.5 Å². The maximum atomic E-state index is 6.43. The molecule has 1 aromatic carbocycles. The SMILES string of the molecule is NC1(c2noc(-c3cncc(-c4ccc5c(c4)CCO5)c3)n2)CCCC1. The summed E-state index contributed by atoms with van der Waals surface area (Å²) < 4.78 is 11.1. The topological polar surface area (TPSA) is 87.1 Å². The molecule has 6 nitrogen and oxygen atoms in total. The number of nitrogens with zero attached hydrogens (tertiary/aromatic N) is 3. The lowest BCUT2D eigenvalue weighted by Gasteiger charge is -2.17. The molecule has 1 aliphatic carbocycles. The molecule has 0 amide bonds. The Hall–Kier alpha value is -2.73. The van der Waals surface area contributed by atoms with Gasteiger partial charge in [-0.3, -0.25) is 4.98 Å². The number of aromatic nitrogens is 3. The molecule has 0 spiro atoms. The van der Waals surface area contributed by atoms with Gasteiger partial charge in [0.25, 0.3) is 5.89 Å². The molecule has 1 fully saturated rings. The van der Waals surface area contributed by atoms with Gasteiger partial charge >= 0.3 is 0 Å². The fourth-order valence-electron chi connectivity index (χ4n) is 3.85. The monoisotopic (exact) mass is 348 g/mol. The van der Waals surface area contributed by atoms with Crippen molar-refractivity contribution >= 4 is 0 Å². The van der Waals surface area contributed by atoms with Gasteiger partial charge in [0, 0.05) is 24.4 Å². The molecule has 0 radical (unpaired) electrons. The van der Waals surface area contributed by atoms with Crippen LogP contribution in [0.15, 0.2) is 41.2 Å². The lowest BCUT2D eigenvalue weighted by Crippen LogP contribution is -2.34. The van der Waals surface area contributed by atoms with Crippen LogP contribution >= 0.6 is 0 Å². The molecule has 2 aliphatic rings. The van der Waals surface area contributed by atoms with Gasteiger partial charge in [0.05, 0.1) is 17.7 Å². The quantitative estimate of drug-likeness (QED) is 0.780. The van der Waals surface area contributed by atoms with Gasteiger partial charge in [0.2, 0.25) is 0 Å². The highest BCUT2D eigenvalue weighted by Crippen LogP contribution is 2.36. The number of benzene rings is 1. The van der Waals surface area contributed by atoms with Crippen LogP contribution in [0.5, 0.6) is 5.75 Å². The number of pyridine rings is 1. The minimum Gasteiger partial charge on any atom is -0.493 e. The van der Waals surface area contributed by atoms with Crippen molar-refractivity contribution in [3.05, 3.63) is 48.0 Å². The number of nitrogens with two attached hydrogens (primary N) is 1. The summed E-state index contributed by atoms with van der Waals surface area (Å²) in [5, 5.41) is 4.14. The van der Waals surface area contributed by atoms with Crippen LogP contribution in [-0.4, -0.2) is 21.7 Å². The molecule has 0 saturated heterocycles. The third-order valence-corrected chi connectivity index (χ3v) is 5.38. The molecule has 5 rings (SSSR count). The minimum atomic E-state index is -0.452. The third-order valence-electron chi connectivity index (χ3n) is 5.38. The first-order valence-corrected chi connectivity index (χ1v) is 9.06. The largest absolute Gasteiger partial charge is 0.493 e. The molecule has 3 heterocycles. The van der Waals surface area contributed by atoms with Crippen LogP contribution in [0.1, 0.15) is 37.1 Å². The molecular formula is C20H20N4O2. The second-order valence-electron chi connectivity index (χ2n) is 7.17. The molecule has 132 valence electrons. The van der Waals surface area contributed by atoms with Crippen molar-refractivity contribution in [1.29, 1.82) is 0 Å². The van der Waals surface area contributed by atoms with E-state index in [4.69, 9.17) is 15.0 Å². The standard InChI is InChI=1S/C20H20N4O2/c21-20(6-1-2-7-20)19-23-18(26-24-19)16-10-15(11-22-12-16)13-3-4-17-14(9-13)5-8-25-17/h3-4,9-12H,1-2,5-8,21H2. The number of ether oxygens (including phenoxy) is 1. The van der Waals surface area contributed by atoms with E-state index in [2.05, 4.69) is 27.3 Å². The average molecular weight is 348 g/mol. The molecule has 0 atom stereocenters. The summed E-state index contributed by atoms with van der Waals surface area (Å²) in [5.41, 5.74) is 10.1. The highest BCUT2D eigenvalue weighted by Gasteiger charge is 2.36. The highest BCUT2D eigenvalue weighted by molar-refractivity contribution is 5.70. The Morgan fingerprint density at radius 2 is 1.85 bits per heavy atom. The number of rotatable bonds is 3.